The Morgan fingerprint density at radius 2 is 1.83 bits per heavy atom. The lowest BCUT2D eigenvalue weighted by atomic mass is 10.1. The maximum Gasteiger partial charge on any atom is 0.165 e. The minimum absolute atomic E-state index is 0.504. The number of pyridine rings is 1. The monoisotopic (exact) mass is 359 g/mol. The van der Waals surface area contributed by atoms with Gasteiger partial charge in [0.15, 0.2) is 11.5 Å². The molecule has 0 unspecified atom stereocenters. The van der Waals surface area contributed by atoms with E-state index in [1.807, 2.05) is 32.0 Å². The normalized spacial score (nSPS) is 11.4. The highest BCUT2D eigenvalue weighted by Crippen LogP contribution is 2.40. The summed E-state index contributed by atoms with van der Waals surface area (Å²) in [6.07, 6.45) is 3.41. The predicted octanol–water partition coefficient (Wildman–Crippen LogP) is 4.53. The van der Waals surface area contributed by atoms with Gasteiger partial charge in [-0.3, -0.25) is 0 Å². The average molecular weight is 360 g/mol. The summed E-state index contributed by atoms with van der Waals surface area (Å²) >= 11 is 12.7. The van der Waals surface area contributed by atoms with Crippen LogP contribution in [-0.4, -0.2) is 40.3 Å². The highest BCUT2D eigenvalue weighted by Gasteiger charge is 2.15. The second-order valence-electron chi connectivity index (χ2n) is 5.49. The fourth-order valence-corrected chi connectivity index (χ4v) is 2.85. The van der Waals surface area contributed by atoms with Crippen molar-refractivity contribution in [1.29, 1.82) is 0 Å². The molecule has 3 aromatic rings. The molecule has 1 aromatic carbocycles. The van der Waals surface area contributed by atoms with Crippen molar-refractivity contribution in [3.05, 3.63) is 46.3 Å². The van der Waals surface area contributed by atoms with Gasteiger partial charge in [-0.25, -0.2) is 19.9 Å². The molecule has 5 nitrogen and oxygen atoms in total. The number of hydrogen-bond donors (Lipinski definition) is 0. The van der Waals surface area contributed by atoms with E-state index in [2.05, 4.69) is 19.9 Å². The molecule has 0 saturated carbocycles. The predicted molar refractivity (Wildman–Crippen MR) is 99.4 cm³/mol. The molecule has 0 aliphatic rings. The molecule has 0 aliphatic carbocycles. The molecular formula is C17H15Cl2N5. The zero-order valence-electron chi connectivity index (χ0n) is 13.5. The summed E-state index contributed by atoms with van der Waals surface area (Å²) in [5.74, 6) is 1.16. The van der Waals surface area contributed by atoms with Gasteiger partial charge in [0.25, 0.3) is 0 Å². The topological polar surface area (TPSA) is 54.3 Å². The van der Waals surface area contributed by atoms with Crippen molar-refractivity contribution < 1.29 is 0 Å². The second kappa shape index (κ2) is 6.71. The van der Waals surface area contributed by atoms with Gasteiger partial charge in [0.05, 0.1) is 16.4 Å². The summed E-state index contributed by atoms with van der Waals surface area (Å²) in [5.41, 5.74) is 2.02. The summed E-state index contributed by atoms with van der Waals surface area (Å²) in [6.45, 7) is 1.82. The Balaban J connectivity index is 2.32. The number of aliphatic imine (C=N–C) groups is 1. The minimum Gasteiger partial charge on any atom is -0.369 e. The molecule has 24 heavy (non-hydrogen) atoms. The lowest BCUT2D eigenvalue weighted by Crippen LogP contribution is -2.07. The van der Waals surface area contributed by atoms with Gasteiger partial charge in [-0.2, -0.15) is 0 Å². The molecule has 3 rings (SSSR count). The molecule has 2 aromatic heterocycles. The van der Waals surface area contributed by atoms with Crippen molar-refractivity contribution in [1.82, 2.24) is 19.9 Å². The Kier molecular flexibility index (Phi) is 4.64. The molecule has 0 radical (unpaired) electrons. The highest BCUT2D eigenvalue weighted by atomic mass is 35.5. The number of benzene rings is 1. The Hall–Kier alpha value is -2.24. The van der Waals surface area contributed by atoms with Crippen molar-refractivity contribution in [3.8, 4) is 11.1 Å². The van der Waals surface area contributed by atoms with Gasteiger partial charge in [-0.05, 0) is 25.1 Å². The second-order valence-corrected chi connectivity index (χ2v) is 6.31. The minimum atomic E-state index is 0.504. The molecule has 0 bridgehead atoms. The van der Waals surface area contributed by atoms with E-state index in [-0.39, 0.29) is 0 Å². The van der Waals surface area contributed by atoms with E-state index in [0.717, 1.165) is 10.9 Å². The van der Waals surface area contributed by atoms with E-state index >= 15 is 0 Å². The third-order valence-electron chi connectivity index (χ3n) is 3.31. The summed E-state index contributed by atoms with van der Waals surface area (Å²) in [4.78, 5) is 19.5. The van der Waals surface area contributed by atoms with Crippen molar-refractivity contribution in [2.75, 3.05) is 14.1 Å². The molecular weight excluding hydrogens is 345 g/mol. The van der Waals surface area contributed by atoms with E-state index in [1.165, 1.54) is 0 Å². The van der Waals surface area contributed by atoms with Crippen LogP contribution in [0.25, 0.3) is 22.2 Å². The van der Waals surface area contributed by atoms with Crippen LogP contribution in [-0.2, 0) is 0 Å². The molecule has 0 aliphatic heterocycles. The fourth-order valence-electron chi connectivity index (χ4n) is 2.25. The third kappa shape index (κ3) is 3.32. The summed E-state index contributed by atoms with van der Waals surface area (Å²) < 4.78 is 0. The first-order chi connectivity index (χ1) is 11.5. The number of hydrogen-bond acceptors (Lipinski definition) is 4. The summed E-state index contributed by atoms with van der Waals surface area (Å²) in [5, 5.41) is 1.88. The molecule has 0 fully saturated rings. The SMILES string of the molecule is Cc1ncc2cc(-c3c(Cl)cccc3Cl)c(/N=C/N(C)C)nc2n1. The first-order valence-corrected chi connectivity index (χ1v) is 8.00. The maximum absolute atomic E-state index is 6.37. The fraction of sp³-hybridized carbons (Fsp3) is 0.176. The number of aromatic nitrogens is 3. The number of aryl methyl sites for hydroxylation is 1. The molecule has 7 heteroatoms. The van der Waals surface area contributed by atoms with Crippen LogP contribution in [0.1, 0.15) is 5.82 Å². The summed E-state index contributed by atoms with van der Waals surface area (Å²) in [7, 11) is 3.78. The Bertz CT molecular complexity index is 917. The average Bonchev–Trinajstić information content (AvgIpc) is 2.52. The van der Waals surface area contributed by atoms with Crippen molar-refractivity contribution in [2.24, 2.45) is 4.99 Å². The first kappa shape index (κ1) is 16.6. The molecule has 0 atom stereocenters. The van der Waals surface area contributed by atoms with E-state index in [9.17, 15) is 0 Å². The van der Waals surface area contributed by atoms with Crippen molar-refractivity contribution in [3.63, 3.8) is 0 Å². The Morgan fingerprint density at radius 3 is 2.50 bits per heavy atom. The van der Waals surface area contributed by atoms with Gasteiger partial charge in [0.2, 0.25) is 0 Å². The van der Waals surface area contributed by atoms with Crippen LogP contribution in [0.3, 0.4) is 0 Å². The van der Waals surface area contributed by atoms with Crippen LogP contribution in [0.15, 0.2) is 35.5 Å². The standard InChI is InChI=1S/C17H15Cl2N5/c1-10-20-8-11-7-12(15-13(18)5-4-6-14(15)19)17(21-9-24(2)3)23-16(11)22-10/h4-9H,1-3H3/b21-9+. The van der Waals surface area contributed by atoms with Crippen molar-refractivity contribution in [2.45, 2.75) is 6.92 Å². The Morgan fingerprint density at radius 1 is 1.12 bits per heavy atom. The molecule has 0 spiro atoms. The highest BCUT2D eigenvalue weighted by molar-refractivity contribution is 6.39. The first-order valence-electron chi connectivity index (χ1n) is 7.25. The van der Waals surface area contributed by atoms with E-state index in [0.29, 0.717) is 32.9 Å². The largest absolute Gasteiger partial charge is 0.369 e. The van der Waals surface area contributed by atoms with Crippen LogP contribution in [0.2, 0.25) is 10.0 Å². The van der Waals surface area contributed by atoms with Crippen LogP contribution in [0, 0.1) is 6.92 Å². The Labute approximate surface area is 150 Å². The number of halogens is 2. The quantitative estimate of drug-likeness (QED) is 0.509. The molecule has 122 valence electrons. The van der Waals surface area contributed by atoms with Gasteiger partial charge in [-0.1, -0.05) is 29.3 Å². The molecule has 2 heterocycles. The van der Waals surface area contributed by atoms with Gasteiger partial charge in [0.1, 0.15) is 5.82 Å². The van der Waals surface area contributed by atoms with Gasteiger partial charge in [-0.15, -0.1) is 0 Å². The smallest absolute Gasteiger partial charge is 0.165 e. The number of nitrogens with zero attached hydrogens (tertiary/aromatic N) is 5. The third-order valence-corrected chi connectivity index (χ3v) is 3.94. The van der Waals surface area contributed by atoms with Crippen LogP contribution < -0.4 is 0 Å². The summed E-state index contributed by atoms with van der Waals surface area (Å²) in [6, 6.07) is 7.30. The molecule has 0 amide bonds. The van der Waals surface area contributed by atoms with Crippen molar-refractivity contribution >= 4 is 46.4 Å². The lowest BCUT2D eigenvalue weighted by Gasteiger charge is -2.11. The van der Waals surface area contributed by atoms with E-state index in [1.54, 1.807) is 30.7 Å². The van der Waals surface area contributed by atoms with Crippen LogP contribution in [0.4, 0.5) is 5.82 Å². The van der Waals surface area contributed by atoms with Gasteiger partial charge < -0.3 is 4.90 Å². The number of rotatable bonds is 3. The zero-order valence-corrected chi connectivity index (χ0v) is 15.0. The van der Waals surface area contributed by atoms with Gasteiger partial charge in [0, 0.05) is 36.8 Å². The molecule has 0 N–H and O–H groups in total. The molecule has 0 saturated heterocycles. The lowest BCUT2D eigenvalue weighted by molar-refractivity contribution is 0.643. The van der Waals surface area contributed by atoms with Crippen LogP contribution in [0.5, 0.6) is 0 Å². The zero-order chi connectivity index (χ0) is 17.3. The number of fused-ring (bicyclic) bond motifs is 1. The van der Waals surface area contributed by atoms with Crippen LogP contribution >= 0.6 is 23.2 Å². The van der Waals surface area contributed by atoms with E-state index in [4.69, 9.17) is 23.2 Å². The van der Waals surface area contributed by atoms with Gasteiger partial charge >= 0.3 is 0 Å². The van der Waals surface area contributed by atoms with E-state index < -0.39 is 0 Å². The maximum atomic E-state index is 6.37.